The van der Waals surface area contributed by atoms with Crippen molar-refractivity contribution >= 4 is 5.78 Å². The Hall–Kier alpha value is -0.370. The van der Waals surface area contributed by atoms with Gasteiger partial charge in [-0.2, -0.15) is 0 Å². The van der Waals surface area contributed by atoms with E-state index < -0.39 is 0 Å². The summed E-state index contributed by atoms with van der Waals surface area (Å²) in [5.41, 5.74) is 0. The van der Waals surface area contributed by atoms with Gasteiger partial charge in [0.05, 0.1) is 0 Å². The van der Waals surface area contributed by atoms with Crippen LogP contribution in [0.15, 0.2) is 0 Å². The average Bonchev–Trinajstić information content (AvgIpc) is 2.49. The summed E-state index contributed by atoms with van der Waals surface area (Å²) in [6, 6.07) is 0.729. The SMILES string of the molecule is CCC1CCC(N(C)CC2CC(CC)CCC2=O)CC1. The van der Waals surface area contributed by atoms with E-state index >= 15 is 0 Å². The minimum atomic E-state index is 0.322. The standard InChI is InChI=1S/C18H33NO/c1-4-14-6-9-17(10-7-14)19(3)13-16-12-15(5-2)8-11-18(16)20/h14-17H,4-13H2,1-3H3. The molecule has 0 saturated heterocycles. The molecule has 2 aliphatic rings. The predicted molar refractivity (Wildman–Crippen MR) is 84.8 cm³/mol. The zero-order valence-electron chi connectivity index (χ0n) is 13.7. The van der Waals surface area contributed by atoms with E-state index in [9.17, 15) is 4.79 Å². The third-order valence-corrected chi connectivity index (χ3v) is 5.97. The molecule has 2 saturated carbocycles. The van der Waals surface area contributed by atoms with E-state index in [1.165, 1.54) is 38.5 Å². The number of carbonyl (C=O) groups excluding carboxylic acids is 1. The zero-order chi connectivity index (χ0) is 14.5. The Labute approximate surface area is 125 Å². The largest absolute Gasteiger partial charge is 0.303 e. The van der Waals surface area contributed by atoms with E-state index in [0.29, 0.717) is 11.7 Å². The van der Waals surface area contributed by atoms with Crippen molar-refractivity contribution in [2.24, 2.45) is 17.8 Å². The van der Waals surface area contributed by atoms with E-state index in [1.54, 1.807) is 0 Å². The van der Waals surface area contributed by atoms with E-state index in [4.69, 9.17) is 0 Å². The average molecular weight is 279 g/mol. The summed E-state index contributed by atoms with van der Waals surface area (Å²) < 4.78 is 0. The fourth-order valence-corrected chi connectivity index (χ4v) is 4.24. The lowest BCUT2D eigenvalue weighted by atomic mass is 9.78. The molecule has 0 spiro atoms. The highest BCUT2D eigenvalue weighted by Gasteiger charge is 2.31. The zero-order valence-corrected chi connectivity index (χ0v) is 13.7. The van der Waals surface area contributed by atoms with Gasteiger partial charge in [-0.1, -0.05) is 26.7 Å². The highest BCUT2D eigenvalue weighted by atomic mass is 16.1. The van der Waals surface area contributed by atoms with Gasteiger partial charge in [-0.25, -0.2) is 0 Å². The summed E-state index contributed by atoms with van der Waals surface area (Å²) >= 11 is 0. The topological polar surface area (TPSA) is 20.3 Å². The first-order valence-corrected chi connectivity index (χ1v) is 8.86. The third-order valence-electron chi connectivity index (χ3n) is 5.97. The molecular weight excluding hydrogens is 246 g/mol. The van der Waals surface area contributed by atoms with Crippen LogP contribution in [-0.4, -0.2) is 30.3 Å². The summed E-state index contributed by atoms with van der Waals surface area (Å²) in [6.45, 7) is 5.60. The molecule has 0 aromatic heterocycles. The second-order valence-electron chi connectivity index (χ2n) is 7.23. The minimum Gasteiger partial charge on any atom is -0.303 e. The van der Waals surface area contributed by atoms with Crippen LogP contribution < -0.4 is 0 Å². The van der Waals surface area contributed by atoms with Crippen molar-refractivity contribution < 1.29 is 4.79 Å². The van der Waals surface area contributed by atoms with Crippen LogP contribution in [0.5, 0.6) is 0 Å². The molecule has 0 radical (unpaired) electrons. The maximum atomic E-state index is 12.1. The molecule has 2 unspecified atom stereocenters. The lowest BCUT2D eigenvalue weighted by molar-refractivity contribution is -0.126. The monoisotopic (exact) mass is 279 g/mol. The number of hydrogen-bond acceptors (Lipinski definition) is 2. The fourth-order valence-electron chi connectivity index (χ4n) is 4.24. The Balaban J connectivity index is 1.81. The molecule has 0 bridgehead atoms. The first-order chi connectivity index (χ1) is 9.63. The van der Waals surface area contributed by atoms with Crippen LogP contribution in [0.2, 0.25) is 0 Å². The number of carbonyl (C=O) groups is 1. The fraction of sp³-hybridized carbons (Fsp3) is 0.944. The summed E-state index contributed by atoms with van der Waals surface area (Å²) in [5, 5.41) is 0. The lowest BCUT2D eigenvalue weighted by Gasteiger charge is -2.37. The van der Waals surface area contributed by atoms with Crippen molar-refractivity contribution in [3.63, 3.8) is 0 Å². The van der Waals surface area contributed by atoms with Gasteiger partial charge in [0.1, 0.15) is 5.78 Å². The maximum absolute atomic E-state index is 12.1. The summed E-state index contributed by atoms with van der Waals surface area (Å²) in [6.07, 6.45) is 11.2. The second-order valence-corrected chi connectivity index (χ2v) is 7.23. The quantitative estimate of drug-likeness (QED) is 0.748. The molecule has 2 heteroatoms. The number of rotatable bonds is 5. The molecule has 2 nitrogen and oxygen atoms in total. The van der Waals surface area contributed by atoms with Gasteiger partial charge in [0.2, 0.25) is 0 Å². The van der Waals surface area contributed by atoms with Crippen LogP contribution in [0.4, 0.5) is 0 Å². The van der Waals surface area contributed by atoms with Gasteiger partial charge in [0.25, 0.3) is 0 Å². The Kier molecular flexibility index (Phi) is 6.07. The van der Waals surface area contributed by atoms with Crippen molar-refractivity contribution in [2.75, 3.05) is 13.6 Å². The molecule has 2 atom stereocenters. The number of Topliss-reactive ketones (excluding diaryl/α,β-unsaturated/α-hetero) is 1. The molecule has 20 heavy (non-hydrogen) atoms. The minimum absolute atomic E-state index is 0.322. The maximum Gasteiger partial charge on any atom is 0.137 e. The number of nitrogens with zero attached hydrogens (tertiary/aromatic N) is 1. The van der Waals surface area contributed by atoms with Gasteiger partial charge in [-0.3, -0.25) is 4.79 Å². The molecule has 2 aliphatic carbocycles. The molecule has 2 rings (SSSR count). The van der Waals surface area contributed by atoms with Crippen molar-refractivity contribution in [3.8, 4) is 0 Å². The Morgan fingerprint density at radius 1 is 1.00 bits per heavy atom. The molecule has 2 fully saturated rings. The van der Waals surface area contributed by atoms with Gasteiger partial charge >= 0.3 is 0 Å². The molecule has 0 amide bonds. The van der Waals surface area contributed by atoms with Crippen LogP contribution in [0.25, 0.3) is 0 Å². The van der Waals surface area contributed by atoms with Gasteiger partial charge < -0.3 is 4.90 Å². The molecule has 0 heterocycles. The molecule has 116 valence electrons. The Morgan fingerprint density at radius 2 is 1.65 bits per heavy atom. The van der Waals surface area contributed by atoms with Crippen LogP contribution in [0.1, 0.15) is 71.6 Å². The molecule has 0 aliphatic heterocycles. The number of hydrogen-bond donors (Lipinski definition) is 0. The van der Waals surface area contributed by atoms with Crippen molar-refractivity contribution in [1.82, 2.24) is 4.90 Å². The van der Waals surface area contributed by atoms with Crippen molar-refractivity contribution in [2.45, 2.75) is 77.7 Å². The van der Waals surface area contributed by atoms with Crippen LogP contribution in [0.3, 0.4) is 0 Å². The Morgan fingerprint density at radius 3 is 2.25 bits per heavy atom. The van der Waals surface area contributed by atoms with E-state index in [0.717, 1.165) is 43.7 Å². The number of ketones is 1. The van der Waals surface area contributed by atoms with Crippen molar-refractivity contribution in [1.29, 1.82) is 0 Å². The summed E-state index contributed by atoms with van der Waals surface area (Å²) in [5.74, 6) is 2.61. The lowest BCUT2D eigenvalue weighted by Crippen LogP contribution is -2.41. The second kappa shape index (κ2) is 7.59. The smallest absolute Gasteiger partial charge is 0.137 e. The molecule has 0 N–H and O–H groups in total. The van der Waals surface area contributed by atoms with Crippen LogP contribution in [0, 0.1) is 17.8 Å². The van der Waals surface area contributed by atoms with Crippen LogP contribution >= 0.6 is 0 Å². The van der Waals surface area contributed by atoms with Gasteiger partial charge in [-0.15, -0.1) is 0 Å². The van der Waals surface area contributed by atoms with Gasteiger partial charge in [-0.05, 0) is 57.4 Å². The first-order valence-electron chi connectivity index (χ1n) is 8.86. The van der Waals surface area contributed by atoms with Gasteiger partial charge in [0.15, 0.2) is 0 Å². The van der Waals surface area contributed by atoms with E-state index in [2.05, 4.69) is 25.8 Å². The van der Waals surface area contributed by atoms with Crippen molar-refractivity contribution in [3.05, 3.63) is 0 Å². The first kappa shape index (κ1) is 16.0. The molecule has 0 aromatic rings. The summed E-state index contributed by atoms with van der Waals surface area (Å²) in [7, 11) is 2.25. The van der Waals surface area contributed by atoms with E-state index in [-0.39, 0.29) is 0 Å². The predicted octanol–water partition coefficient (Wildman–Crippen LogP) is 4.28. The Bertz CT molecular complexity index is 307. The highest BCUT2D eigenvalue weighted by molar-refractivity contribution is 5.81. The third kappa shape index (κ3) is 4.07. The summed E-state index contributed by atoms with van der Waals surface area (Å²) in [4.78, 5) is 14.7. The normalized spacial score (nSPS) is 35.5. The van der Waals surface area contributed by atoms with Crippen LogP contribution in [-0.2, 0) is 4.79 Å². The highest BCUT2D eigenvalue weighted by Crippen LogP contribution is 2.32. The van der Waals surface area contributed by atoms with E-state index in [1.807, 2.05) is 0 Å². The molecular formula is C18H33NO. The molecule has 0 aromatic carbocycles. The van der Waals surface area contributed by atoms with Gasteiger partial charge in [0, 0.05) is 24.9 Å².